The molecule has 21 heavy (non-hydrogen) atoms. The van der Waals surface area contributed by atoms with Gasteiger partial charge < -0.3 is 4.90 Å². The van der Waals surface area contributed by atoms with Crippen molar-refractivity contribution in [3.63, 3.8) is 0 Å². The highest BCUT2D eigenvalue weighted by atomic mass is 16.2. The van der Waals surface area contributed by atoms with Gasteiger partial charge in [-0.25, -0.2) is 9.67 Å². The van der Waals surface area contributed by atoms with E-state index in [1.807, 2.05) is 11.8 Å². The van der Waals surface area contributed by atoms with Crippen LogP contribution in [0.3, 0.4) is 0 Å². The molecule has 0 saturated carbocycles. The zero-order valence-corrected chi connectivity index (χ0v) is 12.4. The van der Waals surface area contributed by atoms with E-state index in [2.05, 4.69) is 41.3 Å². The summed E-state index contributed by atoms with van der Waals surface area (Å²) >= 11 is 0. The molecule has 1 aliphatic heterocycles. The number of benzene rings is 1. The maximum Gasteiger partial charge on any atom is 0.247 e. The number of hydrogen-bond acceptors (Lipinski definition) is 3. The Morgan fingerprint density at radius 2 is 2.19 bits per heavy atom. The van der Waals surface area contributed by atoms with Gasteiger partial charge in [-0.1, -0.05) is 24.3 Å². The molecule has 2 aromatic rings. The Morgan fingerprint density at radius 3 is 2.90 bits per heavy atom. The van der Waals surface area contributed by atoms with Crippen LogP contribution in [0.2, 0.25) is 0 Å². The molecule has 0 aliphatic carbocycles. The highest BCUT2D eigenvalue weighted by Crippen LogP contribution is 2.30. The molecule has 3 rings (SSSR count). The molecule has 110 valence electrons. The van der Waals surface area contributed by atoms with Gasteiger partial charge in [-0.2, -0.15) is 5.10 Å². The van der Waals surface area contributed by atoms with Crippen molar-refractivity contribution in [1.82, 2.24) is 19.7 Å². The van der Waals surface area contributed by atoms with E-state index in [9.17, 15) is 4.79 Å². The van der Waals surface area contributed by atoms with Crippen molar-refractivity contribution >= 4 is 5.91 Å². The maximum absolute atomic E-state index is 12.5. The molecule has 1 amide bonds. The molecule has 0 radical (unpaired) electrons. The number of likely N-dealkylation sites (tertiary alicyclic amines) is 1. The lowest BCUT2D eigenvalue weighted by atomic mass is 9.94. The summed E-state index contributed by atoms with van der Waals surface area (Å²) < 4.78 is 1.61. The number of amides is 1. The zero-order chi connectivity index (χ0) is 14.8. The largest absolute Gasteiger partial charge is 0.340 e. The Hall–Kier alpha value is -2.17. The average molecular weight is 284 g/mol. The Labute approximate surface area is 124 Å². The monoisotopic (exact) mass is 284 g/mol. The molecule has 1 aromatic carbocycles. The summed E-state index contributed by atoms with van der Waals surface area (Å²) in [5.74, 6) is 0.565. The summed E-state index contributed by atoms with van der Waals surface area (Å²) in [4.78, 5) is 18.4. The quantitative estimate of drug-likeness (QED) is 0.868. The fraction of sp³-hybridized carbons (Fsp3) is 0.438. The van der Waals surface area contributed by atoms with Crippen molar-refractivity contribution in [2.75, 3.05) is 13.1 Å². The van der Waals surface area contributed by atoms with Crippen LogP contribution >= 0.6 is 0 Å². The lowest BCUT2D eigenvalue weighted by Crippen LogP contribution is -2.34. The maximum atomic E-state index is 12.5. The van der Waals surface area contributed by atoms with Gasteiger partial charge in [0.25, 0.3) is 0 Å². The molecular weight excluding hydrogens is 264 g/mol. The van der Waals surface area contributed by atoms with Crippen LogP contribution in [0.15, 0.2) is 36.9 Å². The lowest BCUT2D eigenvalue weighted by Gasteiger charge is -2.21. The highest BCUT2D eigenvalue weighted by Gasteiger charge is 2.31. The van der Waals surface area contributed by atoms with Gasteiger partial charge >= 0.3 is 0 Å². The van der Waals surface area contributed by atoms with Gasteiger partial charge in [0.2, 0.25) is 5.91 Å². The van der Waals surface area contributed by atoms with E-state index in [4.69, 9.17) is 0 Å². The van der Waals surface area contributed by atoms with Crippen molar-refractivity contribution in [2.45, 2.75) is 32.2 Å². The van der Waals surface area contributed by atoms with Gasteiger partial charge in [-0.05, 0) is 31.4 Å². The van der Waals surface area contributed by atoms with E-state index in [1.54, 1.807) is 11.0 Å². The van der Waals surface area contributed by atoms with Crippen molar-refractivity contribution in [3.05, 3.63) is 48.0 Å². The molecule has 2 atom stereocenters. The van der Waals surface area contributed by atoms with Crippen LogP contribution in [0.25, 0.3) is 0 Å². The molecule has 2 heterocycles. The molecule has 0 unspecified atom stereocenters. The molecular formula is C16H20N4O. The first-order valence-corrected chi connectivity index (χ1v) is 7.35. The predicted molar refractivity (Wildman–Crippen MR) is 79.9 cm³/mol. The fourth-order valence-corrected chi connectivity index (χ4v) is 3.05. The van der Waals surface area contributed by atoms with Gasteiger partial charge in [0.1, 0.15) is 18.7 Å². The summed E-state index contributed by atoms with van der Waals surface area (Å²) in [6, 6.07) is 8.16. The van der Waals surface area contributed by atoms with Gasteiger partial charge in [0.05, 0.1) is 0 Å². The van der Waals surface area contributed by atoms with Crippen LogP contribution < -0.4 is 0 Å². The molecule has 0 bridgehead atoms. The van der Waals surface area contributed by atoms with Gasteiger partial charge in [-0.3, -0.25) is 4.79 Å². The topological polar surface area (TPSA) is 51.0 Å². The second-order valence-electron chi connectivity index (χ2n) is 5.68. The number of carbonyl (C=O) groups excluding carboxylic acids is 1. The van der Waals surface area contributed by atoms with Crippen LogP contribution in [0, 0.1) is 6.92 Å². The van der Waals surface area contributed by atoms with Crippen molar-refractivity contribution in [1.29, 1.82) is 0 Å². The van der Waals surface area contributed by atoms with Crippen molar-refractivity contribution in [3.8, 4) is 0 Å². The SMILES string of the molecule is Cc1ccccc1[C@H]1CCN(C(=O)[C@H](C)n2cncn2)C1. The Balaban J connectivity index is 1.70. The molecule has 1 fully saturated rings. The van der Waals surface area contributed by atoms with Crippen LogP contribution in [0.4, 0.5) is 0 Å². The van der Waals surface area contributed by atoms with E-state index in [0.29, 0.717) is 5.92 Å². The molecule has 1 aromatic heterocycles. The van der Waals surface area contributed by atoms with Gasteiger partial charge in [0.15, 0.2) is 0 Å². The first-order valence-electron chi connectivity index (χ1n) is 7.35. The van der Waals surface area contributed by atoms with Gasteiger partial charge in [-0.15, -0.1) is 0 Å². The Morgan fingerprint density at radius 1 is 1.38 bits per heavy atom. The number of nitrogens with zero attached hydrogens (tertiary/aromatic N) is 4. The van der Waals surface area contributed by atoms with E-state index in [1.165, 1.54) is 17.5 Å². The molecule has 0 spiro atoms. The number of aromatic nitrogens is 3. The standard InChI is InChI=1S/C16H20N4O/c1-12-5-3-4-6-15(12)14-7-8-19(9-14)16(21)13(2)20-11-17-10-18-20/h3-6,10-11,13-14H,7-9H2,1-2H3/t13-,14-/m0/s1. The van der Waals surface area contributed by atoms with E-state index in [-0.39, 0.29) is 11.9 Å². The minimum absolute atomic E-state index is 0.122. The highest BCUT2D eigenvalue weighted by molar-refractivity contribution is 5.80. The average Bonchev–Trinajstić information content (AvgIpc) is 3.17. The van der Waals surface area contributed by atoms with Crippen molar-refractivity contribution < 1.29 is 4.79 Å². The molecule has 5 nitrogen and oxygen atoms in total. The summed E-state index contributed by atoms with van der Waals surface area (Å²) in [6.07, 6.45) is 4.09. The second-order valence-corrected chi connectivity index (χ2v) is 5.68. The summed E-state index contributed by atoms with van der Waals surface area (Å²) in [5, 5.41) is 4.06. The van der Waals surface area contributed by atoms with E-state index < -0.39 is 0 Å². The number of rotatable bonds is 3. The van der Waals surface area contributed by atoms with Crippen LogP contribution in [-0.2, 0) is 4.79 Å². The number of aryl methyl sites for hydroxylation is 1. The first-order chi connectivity index (χ1) is 10.2. The first kappa shape index (κ1) is 13.8. The third kappa shape index (κ3) is 2.68. The third-order valence-electron chi connectivity index (χ3n) is 4.32. The number of carbonyl (C=O) groups is 1. The minimum atomic E-state index is -0.289. The normalized spacial score (nSPS) is 19.7. The number of hydrogen-bond donors (Lipinski definition) is 0. The smallest absolute Gasteiger partial charge is 0.247 e. The van der Waals surface area contributed by atoms with E-state index >= 15 is 0 Å². The molecule has 1 saturated heterocycles. The Kier molecular flexibility index (Phi) is 3.73. The molecule has 0 N–H and O–H groups in total. The molecule has 1 aliphatic rings. The van der Waals surface area contributed by atoms with Crippen LogP contribution in [0.5, 0.6) is 0 Å². The lowest BCUT2D eigenvalue weighted by molar-refractivity contribution is -0.133. The summed E-state index contributed by atoms with van der Waals surface area (Å²) in [7, 11) is 0. The minimum Gasteiger partial charge on any atom is -0.340 e. The van der Waals surface area contributed by atoms with Crippen molar-refractivity contribution in [2.24, 2.45) is 0 Å². The van der Waals surface area contributed by atoms with Crippen LogP contribution in [-0.4, -0.2) is 38.7 Å². The van der Waals surface area contributed by atoms with E-state index in [0.717, 1.165) is 19.5 Å². The third-order valence-corrected chi connectivity index (χ3v) is 4.32. The van der Waals surface area contributed by atoms with Gasteiger partial charge in [0, 0.05) is 19.0 Å². The van der Waals surface area contributed by atoms with Crippen LogP contribution in [0.1, 0.15) is 36.4 Å². The summed E-state index contributed by atoms with van der Waals surface area (Å²) in [5.41, 5.74) is 2.67. The Bertz CT molecular complexity index is 623. The predicted octanol–water partition coefficient (Wildman–Crippen LogP) is 2.16. The summed E-state index contributed by atoms with van der Waals surface area (Å²) in [6.45, 7) is 5.62. The second kappa shape index (κ2) is 5.68. The molecule has 5 heteroatoms. The zero-order valence-electron chi connectivity index (χ0n) is 12.4. The fourth-order valence-electron chi connectivity index (χ4n) is 3.05.